The average molecular weight is 457 g/mol. The van der Waals surface area contributed by atoms with Crippen LogP contribution >= 0.6 is 0 Å². The lowest BCUT2D eigenvalue weighted by atomic mass is 10.1. The third kappa shape index (κ3) is 8.29. The second-order valence-electron chi connectivity index (χ2n) is 6.93. The molecule has 5 atom stereocenters. The Morgan fingerprint density at radius 3 is 2.19 bits per heavy atom. The van der Waals surface area contributed by atoms with Crippen LogP contribution in [0.25, 0.3) is 0 Å². The second-order valence-corrected chi connectivity index (χ2v) is 6.93. The number of hydrogen-bond acceptors (Lipinski definition) is 9. The largest absolute Gasteiger partial charge is 0.480 e. The van der Waals surface area contributed by atoms with Crippen molar-refractivity contribution in [3.63, 3.8) is 0 Å². The van der Waals surface area contributed by atoms with Crippen molar-refractivity contribution in [2.75, 3.05) is 6.61 Å². The number of carboxylic acid groups (broad SMARTS) is 1. The number of carboxylic acids is 1. The van der Waals surface area contributed by atoms with E-state index in [1.807, 2.05) is 5.32 Å². The average Bonchev–Trinajstić information content (AvgIpc) is 3.21. The Morgan fingerprint density at radius 1 is 1.09 bits per heavy atom. The molecule has 15 heteroatoms. The molecule has 1 aromatic rings. The van der Waals surface area contributed by atoms with E-state index in [0.717, 1.165) is 6.92 Å². The van der Waals surface area contributed by atoms with E-state index >= 15 is 0 Å². The molecule has 0 spiro atoms. The Bertz CT molecular complexity index is 814. The molecular formula is C17H27N7O8. The van der Waals surface area contributed by atoms with Gasteiger partial charge in [-0.2, -0.15) is 0 Å². The maximum absolute atomic E-state index is 12.4. The summed E-state index contributed by atoms with van der Waals surface area (Å²) in [5.41, 5.74) is 11.3. The van der Waals surface area contributed by atoms with E-state index in [4.69, 9.17) is 16.6 Å². The van der Waals surface area contributed by atoms with Crippen molar-refractivity contribution in [1.82, 2.24) is 25.9 Å². The molecule has 0 saturated heterocycles. The second kappa shape index (κ2) is 12.3. The molecule has 0 saturated carbocycles. The highest BCUT2D eigenvalue weighted by molar-refractivity contribution is 5.95. The zero-order valence-electron chi connectivity index (χ0n) is 17.1. The monoisotopic (exact) mass is 457 g/mol. The molecule has 0 fully saturated rings. The van der Waals surface area contributed by atoms with Crippen molar-refractivity contribution in [1.29, 1.82) is 0 Å². The summed E-state index contributed by atoms with van der Waals surface area (Å²) in [4.78, 5) is 65.7. The normalized spacial score (nSPS) is 15.5. The number of nitrogens with one attached hydrogen (secondary N) is 4. The first kappa shape index (κ1) is 26.5. The van der Waals surface area contributed by atoms with Crippen molar-refractivity contribution in [2.24, 2.45) is 11.5 Å². The van der Waals surface area contributed by atoms with Gasteiger partial charge in [-0.1, -0.05) is 0 Å². The van der Waals surface area contributed by atoms with Crippen molar-refractivity contribution >= 4 is 29.6 Å². The van der Waals surface area contributed by atoms with Gasteiger partial charge >= 0.3 is 5.97 Å². The lowest BCUT2D eigenvalue weighted by Crippen LogP contribution is -2.60. The predicted molar refractivity (Wildman–Crippen MR) is 106 cm³/mol. The van der Waals surface area contributed by atoms with Crippen LogP contribution < -0.4 is 27.4 Å². The first-order valence-electron chi connectivity index (χ1n) is 9.40. The topological polar surface area (TPSA) is 263 Å². The number of hydrogen-bond donors (Lipinski definition) is 9. The summed E-state index contributed by atoms with van der Waals surface area (Å²) in [5, 5.41) is 34.7. The molecule has 0 aliphatic heterocycles. The number of nitrogens with two attached hydrogens (primary N) is 2. The van der Waals surface area contributed by atoms with Gasteiger partial charge < -0.3 is 47.7 Å². The van der Waals surface area contributed by atoms with E-state index in [-0.39, 0.29) is 6.42 Å². The van der Waals surface area contributed by atoms with Crippen LogP contribution in [0.3, 0.4) is 0 Å². The summed E-state index contributed by atoms with van der Waals surface area (Å²) in [6.07, 6.45) is 0.701. The molecule has 1 rings (SSSR count). The maximum Gasteiger partial charge on any atom is 0.326 e. The van der Waals surface area contributed by atoms with Crippen molar-refractivity contribution in [3.05, 3.63) is 18.2 Å². The van der Waals surface area contributed by atoms with Crippen LogP contribution in [0.1, 0.15) is 19.0 Å². The molecule has 0 aliphatic rings. The number of carbonyl (C=O) groups is 5. The van der Waals surface area contributed by atoms with E-state index in [1.165, 1.54) is 12.5 Å². The smallest absolute Gasteiger partial charge is 0.326 e. The minimum Gasteiger partial charge on any atom is -0.480 e. The number of rotatable bonds is 13. The Labute approximate surface area is 181 Å². The fourth-order valence-corrected chi connectivity index (χ4v) is 2.52. The number of imidazole rings is 1. The van der Waals surface area contributed by atoms with Crippen LogP contribution in [0.5, 0.6) is 0 Å². The molecule has 0 radical (unpaired) electrons. The number of aromatic amines is 1. The van der Waals surface area contributed by atoms with Crippen LogP contribution in [-0.4, -0.2) is 91.8 Å². The minimum absolute atomic E-state index is 0.0702. The van der Waals surface area contributed by atoms with Gasteiger partial charge in [0.25, 0.3) is 0 Å². The number of aromatic nitrogens is 2. The Morgan fingerprint density at radius 2 is 1.72 bits per heavy atom. The van der Waals surface area contributed by atoms with E-state index in [1.54, 1.807) is 0 Å². The van der Waals surface area contributed by atoms with Crippen molar-refractivity contribution < 1.29 is 39.3 Å². The fourth-order valence-electron chi connectivity index (χ4n) is 2.52. The minimum atomic E-state index is -1.69. The highest BCUT2D eigenvalue weighted by Gasteiger charge is 2.33. The third-order valence-corrected chi connectivity index (χ3v) is 4.23. The third-order valence-electron chi connectivity index (χ3n) is 4.23. The van der Waals surface area contributed by atoms with Crippen LogP contribution in [0.2, 0.25) is 0 Å². The SMILES string of the molecule is CC(O)C(NC(=O)C(CO)NC(=O)C(N)Cc1cnc[nH]1)C(=O)NC(CC(N)=O)C(=O)O. The summed E-state index contributed by atoms with van der Waals surface area (Å²) < 4.78 is 0. The van der Waals surface area contributed by atoms with Gasteiger partial charge in [0, 0.05) is 18.3 Å². The number of H-pyrrole nitrogens is 1. The molecule has 15 nitrogen and oxygen atoms in total. The van der Waals surface area contributed by atoms with E-state index in [9.17, 15) is 34.2 Å². The molecule has 4 amide bonds. The summed E-state index contributed by atoms with van der Waals surface area (Å²) in [6, 6.07) is -5.96. The van der Waals surface area contributed by atoms with Crippen LogP contribution in [0.15, 0.2) is 12.5 Å². The van der Waals surface area contributed by atoms with E-state index in [2.05, 4.69) is 20.6 Å². The Hall–Kier alpha value is -3.56. The first-order chi connectivity index (χ1) is 15.0. The summed E-state index contributed by atoms with van der Waals surface area (Å²) in [5.74, 6) is -5.50. The molecule has 32 heavy (non-hydrogen) atoms. The molecule has 1 aromatic heterocycles. The van der Waals surface area contributed by atoms with Gasteiger partial charge in [-0.3, -0.25) is 19.2 Å². The number of carbonyl (C=O) groups excluding carboxylic acids is 4. The molecule has 1 heterocycles. The molecule has 0 bridgehead atoms. The summed E-state index contributed by atoms with van der Waals surface area (Å²) in [7, 11) is 0. The molecule has 0 aliphatic carbocycles. The highest BCUT2D eigenvalue weighted by Crippen LogP contribution is 2.01. The number of amides is 4. The van der Waals surface area contributed by atoms with Gasteiger partial charge in [0.1, 0.15) is 18.1 Å². The van der Waals surface area contributed by atoms with Gasteiger partial charge in [0.2, 0.25) is 23.6 Å². The van der Waals surface area contributed by atoms with Gasteiger partial charge in [-0.25, -0.2) is 9.78 Å². The number of aliphatic hydroxyl groups is 2. The zero-order valence-corrected chi connectivity index (χ0v) is 17.1. The number of nitrogens with zero attached hydrogens (tertiary/aromatic N) is 1. The molecule has 178 valence electrons. The standard InChI is InChI=1S/C17H27N7O8/c1-7(26)13(16(30)22-10(17(31)32)3-12(19)27)24-15(29)11(5-25)23-14(28)9(18)2-8-4-20-6-21-8/h4,6-7,9-11,13,25-26H,2-3,5,18H2,1H3,(H2,19,27)(H,20,21)(H,22,30)(H,23,28)(H,24,29)(H,31,32). The van der Waals surface area contributed by atoms with Crippen molar-refractivity contribution in [2.45, 2.75) is 50.0 Å². The summed E-state index contributed by atoms with van der Waals surface area (Å²) >= 11 is 0. The van der Waals surface area contributed by atoms with Gasteiger partial charge in [0.05, 0.1) is 31.5 Å². The number of primary amides is 1. The van der Waals surface area contributed by atoms with Gasteiger partial charge in [0.15, 0.2) is 0 Å². The highest BCUT2D eigenvalue weighted by atomic mass is 16.4. The lowest BCUT2D eigenvalue weighted by molar-refractivity contribution is -0.144. The van der Waals surface area contributed by atoms with Gasteiger partial charge in [-0.15, -0.1) is 0 Å². The number of aliphatic carboxylic acids is 1. The molecule has 5 unspecified atom stereocenters. The van der Waals surface area contributed by atoms with Gasteiger partial charge in [-0.05, 0) is 6.92 Å². The molecule has 0 aromatic carbocycles. The van der Waals surface area contributed by atoms with Crippen LogP contribution in [-0.2, 0) is 30.4 Å². The summed E-state index contributed by atoms with van der Waals surface area (Å²) in [6.45, 7) is 0.281. The van der Waals surface area contributed by atoms with Crippen LogP contribution in [0.4, 0.5) is 0 Å². The Balaban J connectivity index is 2.78. The lowest BCUT2D eigenvalue weighted by Gasteiger charge is -2.25. The zero-order chi connectivity index (χ0) is 24.4. The fraction of sp³-hybridized carbons (Fsp3) is 0.529. The maximum atomic E-state index is 12.4. The number of aliphatic hydroxyl groups excluding tert-OH is 2. The van der Waals surface area contributed by atoms with E-state index < -0.39 is 72.9 Å². The quantitative estimate of drug-likeness (QED) is 0.136. The predicted octanol–water partition coefficient (Wildman–Crippen LogP) is -4.93. The Kier molecular flexibility index (Phi) is 10.2. The molecule has 11 N–H and O–H groups in total. The van der Waals surface area contributed by atoms with Crippen molar-refractivity contribution in [3.8, 4) is 0 Å². The van der Waals surface area contributed by atoms with Crippen LogP contribution in [0, 0.1) is 0 Å². The first-order valence-corrected chi connectivity index (χ1v) is 9.40. The molecular weight excluding hydrogens is 430 g/mol. The van der Waals surface area contributed by atoms with E-state index in [0.29, 0.717) is 5.69 Å².